The third-order valence-corrected chi connectivity index (χ3v) is 4.62. The van der Waals surface area contributed by atoms with Crippen molar-refractivity contribution in [3.8, 4) is 0 Å². The maximum atomic E-state index is 12.2. The smallest absolute Gasteiger partial charge is 0.333 e. The van der Waals surface area contributed by atoms with E-state index in [2.05, 4.69) is 20.8 Å². The van der Waals surface area contributed by atoms with Gasteiger partial charge in [-0.15, -0.1) is 5.06 Å². The molecule has 0 aromatic rings. The first-order valence-corrected chi connectivity index (χ1v) is 8.95. The van der Waals surface area contributed by atoms with Gasteiger partial charge in [-0.2, -0.15) is 0 Å². The number of imide groups is 1. The van der Waals surface area contributed by atoms with Gasteiger partial charge in [-0.1, -0.05) is 27.7 Å². The zero-order valence-corrected chi connectivity index (χ0v) is 15.7. The average molecular weight is 354 g/mol. The Morgan fingerprint density at radius 3 is 2.20 bits per heavy atom. The molecule has 1 aliphatic heterocycles. The second-order valence-corrected chi connectivity index (χ2v) is 7.56. The minimum atomic E-state index is -0.755. The number of likely N-dealkylation sites (tertiary alicyclic amines) is 1. The molecule has 1 heterocycles. The van der Waals surface area contributed by atoms with E-state index >= 15 is 0 Å². The van der Waals surface area contributed by atoms with Crippen LogP contribution in [0.3, 0.4) is 0 Å². The molecule has 0 aromatic heterocycles. The molecular weight excluding hydrogens is 324 g/mol. The van der Waals surface area contributed by atoms with E-state index in [0.29, 0.717) is 30.5 Å². The van der Waals surface area contributed by atoms with Crippen LogP contribution in [0.25, 0.3) is 0 Å². The number of carbonyl (C=O) groups is 4. The Bertz CT molecular complexity index is 490. The summed E-state index contributed by atoms with van der Waals surface area (Å²) in [4.78, 5) is 52.8. The van der Waals surface area contributed by atoms with E-state index in [0.717, 1.165) is 12.8 Å². The Morgan fingerprint density at radius 1 is 1.12 bits per heavy atom. The molecule has 0 bridgehead atoms. The lowest BCUT2D eigenvalue weighted by Gasteiger charge is -2.38. The van der Waals surface area contributed by atoms with E-state index in [1.54, 1.807) is 11.8 Å². The van der Waals surface area contributed by atoms with Gasteiger partial charge in [0.1, 0.15) is 0 Å². The highest BCUT2D eigenvalue weighted by atomic mass is 16.7. The maximum absolute atomic E-state index is 12.2. The third kappa shape index (κ3) is 6.84. The fraction of sp³-hybridized carbons (Fsp3) is 0.778. The summed E-state index contributed by atoms with van der Waals surface area (Å²) in [6, 6.07) is 0. The van der Waals surface area contributed by atoms with E-state index in [4.69, 9.17) is 4.84 Å². The molecule has 0 atom stereocenters. The molecule has 0 spiro atoms. The van der Waals surface area contributed by atoms with Crippen LogP contribution in [0.4, 0.5) is 0 Å². The van der Waals surface area contributed by atoms with Gasteiger partial charge in [0, 0.05) is 25.9 Å². The molecule has 1 saturated heterocycles. The van der Waals surface area contributed by atoms with E-state index in [9.17, 15) is 19.2 Å². The topological polar surface area (TPSA) is 84.0 Å². The summed E-state index contributed by atoms with van der Waals surface area (Å²) in [5, 5.41) is 0.408. The van der Waals surface area contributed by atoms with Crippen molar-refractivity contribution in [1.29, 1.82) is 0 Å². The maximum Gasteiger partial charge on any atom is 0.333 e. The first kappa shape index (κ1) is 21.1. The van der Waals surface area contributed by atoms with E-state index < -0.39 is 11.9 Å². The van der Waals surface area contributed by atoms with Crippen LogP contribution in [0.2, 0.25) is 0 Å². The SMILES string of the molecule is CCCC(=O)N(C=O)OC(=O)CCC(=O)N1CCC(C(C)(C)C)CC1. The summed E-state index contributed by atoms with van der Waals surface area (Å²) in [5.41, 5.74) is 0.238. The molecule has 1 rings (SSSR count). The van der Waals surface area contributed by atoms with Crippen molar-refractivity contribution in [2.24, 2.45) is 11.3 Å². The molecule has 7 nitrogen and oxygen atoms in total. The van der Waals surface area contributed by atoms with Gasteiger partial charge in [0.25, 0.3) is 12.3 Å². The molecule has 0 saturated carbocycles. The second kappa shape index (κ2) is 9.53. The van der Waals surface area contributed by atoms with Crippen LogP contribution in [0.1, 0.15) is 66.2 Å². The summed E-state index contributed by atoms with van der Waals surface area (Å²) < 4.78 is 0. The molecule has 1 fully saturated rings. The predicted octanol–water partition coefficient (Wildman–Crippen LogP) is 2.29. The summed E-state index contributed by atoms with van der Waals surface area (Å²) in [5.74, 6) is -0.829. The monoisotopic (exact) mass is 354 g/mol. The Balaban J connectivity index is 2.37. The highest BCUT2D eigenvalue weighted by Gasteiger charge is 2.30. The molecule has 0 aromatic carbocycles. The van der Waals surface area contributed by atoms with Gasteiger partial charge >= 0.3 is 5.97 Å². The van der Waals surface area contributed by atoms with Crippen molar-refractivity contribution >= 4 is 24.2 Å². The van der Waals surface area contributed by atoms with Crippen molar-refractivity contribution in [3.63, 3.8) is 0 Å². The molecule has 3 amide bonds. The average Bonchev–Trinajstić information content (AvgIpc) is 2.57. The normalized spacial score (nSPS) is 15.6. The quantitative estimate of drug-likeness (QED) is 0.540. The fourth-order valence-electron chi connectivity index (χ4n) is 2.97. The van der Waals surface area contributed by atoms with Crippen LogP contribution in [0, 0.1) is 11.3 Å². The number of hydroxylamine groups is 2. The molecular formula is C18H30N2O5. The predicted molar refractivity (Wildman–Crippen MR) is 91.9 cm³/mol. The van der Waals surface area contributed by atoms with Gasteiger partial charge in [0.05, 0.1) is 6.42 Å². The molecule has 25 heavy (non-hydrogen) atoms. The molecule has 0 N–H and O–H groups in total. The Hall–Kier alpha value is -1.92. The van der Waals surface area contributed by atoms with Crippen molar-refractivity contribution in [2.45, 2.75) is 66.2 Å². The number of piperidine rings is 1. The highest BCUT2D eigenvalue weighted by molar-refractivity contribution is 5.87. The Morgan fingerprint density at radius 2 is 1.72 bits per heavy atom. The van der Waals surface area contributed by atoms with Crippen molar-refractivity contribution in [3.05, 3.63) is 0 Å². The largest absolute Gasteiger partial charge is 0.343 e. The second-order valence-electron chi connectivity index (χ2n) is 7.56. The lowest BCUT2D eigenvalue weighted by Crippen LogP contribution is -2.41. The number of hydrogen-bond acceptors (Lipinski definition) is 5. The van der Waals surface area contributed by atoms with E-state index in [1.165, 1.54) is 0 Å². The summed E-state index contributed by atoms with van der Waals surface area (Å²) in [6.07, 6.45) is 2.64. The number of rotatable bonds is 6. The van der Waals surface area contributed by atoms with Crippen LogP contribution in [0.5, 0.6) is 0 Å². The Labute approximate surface area is 149 Å². The Kier molecular flexibility index (Phi) is 8.06. The molecule has 0 unspecified atom stereocenters. The standard InChI is InChI=1S/C18H30N2O5/c1-5-6-16(23)20(13-21)25-17(24)8-7-15(22)19-11-9-14(10-12-19)18(2,3)4/h13-14H,5-12H2,1-4H3. The minimum absolute atomic E-state index is 0.0215. The molecule has 142 valence electrons. The van der Waals surface area contributed by atoms with Crippen molar-refractivity contribution in [1.82, 2.24) is 9.96 Å². The van der Waals surface area contributed by atoms with Gasteiger partial charge in [0.2, 0.25) is 5.91 Å². The zero-order valence-electron chi connectivity index (χ0n) is 15.7. The van der Waals surface area contributed by atoms with Crippen LogP contribution in [0.15, 0.2) is 0 Å². The lowest BCUT2D eigenvalue weighted by molar-refractivity contribution is -0.196. The summed E-state index contributed by atoms with van der Waals surface area (Å²) >= 11 is 0. The number of amides is 3. The molecule has 1 aliphatic rings. The zero-order chi connectivity index (χ0) is 19.0. The van der Waals surface area contributed by atoms with Crippen LogP contribution >= 0.6 is 0 Å². The summed E-state index contributed by atoms with van der Waals surface area (Å²) in [7, 11) is 0. The van der Waals surface area contributed by atoms with Crippen LogP contribution in [-0.2, 0) is 24.0 Å². The van der Waals surface area contributed by atoms with E-state index in [-0.39, 0.29) is 37.0 Å². The van der Waals surface area contributed by atoms with Gasteiger partial charge in [-0.05, 0) is 30.6 Å². The van der Waals surface area contributed by atoms with Crippen molar-refractivity contribution in [2.75, 3.05) is 13.1 Å². The van der Waals surface area contributed by atoms with Crippen molar-refractivity contribution < 1.29 is 24.0 Å². The van der Waals surface area contributed by atoms with Gasteiger partial charge in [-0.3, -0.25) is 14.4 Å². The molecule has 0 aliphatic carbocycles. The van der Waals surface area contributed by atoms with Gasteiger partial charge in [0.15, 0.2) is 0 Å². The summed E-state index contributed by atoms with van der Waals surface area (Å²) in [6.45, 7) is 9.82. The molecule has 0 radical (unpaired) electrons. The number of carbonyl (C=O) groups excluding carboxylic acids is 4. The van der Waals surface area contributed by atoms with Gasteiger partial charge in [-0.25, -0.2) is 4.79 Å². The number of nitrogens with zero attached hydrogens (tertiary/aromatic N) is 2. The third-order valence-electron chi connectivity index (χ3n) is 4.62. The fourth-order valence-corrected chi connectivity index (χ4v) is 2.97. The van der Waals surface area contributed by atoms with Crippen LogP contribution < -0.4 is 0 Å². The number of hydrogen-bond donors (Lipinski definition) is 0. The van der Waals surface area contributed by atoms with Crippen LogP contribution in [-0.4, -0.2) is 47.2 Å². The van der Waals surface area contributed by atoms with E-state index in [1.807, 2.05) is 0 Å². The first-order valence-electron chi connectivity index (χ1n) is 8.95. The lowest BCUT2D eigenvalue weighted by atomic mass is 9.75. The highest BCUT2D eigenvalue weighted by Crippen LogP contribution is 2.34. The molecule has 7 heteroatoms. The van der Waals surface area contributed by atoms with Gasteiger partial charge < -0.3 is 9.74 Å². The minimum Gasteiger partial charge on any atom is -0.343 e. The first-order chi connectivity index (χ1) is 11.7.